The molecular formula is C15H14ClFIN. The molecule has 2 aromatic rings. The van der Waals surface area contributed by atoms with Crippen molar-refractivity contribution in [3.63, 3.8) is 0 Å². The Morgan fingerprint density at radius 1 is 1.26 bits per heavy atom. The topological polar surface area (TPSA) is 12.0 Å². The second kappa shape index (κ2) is 6.68. The Morgan fingerprint density at radius 3 is 2.68 bits per heavy atom. The lowest BCUT2D eigenvalue weighted by Gasteiger charge is -2.17. The first-order valence-electron chi connectivity index (χ1n) is 5.97. The normalized spacial score (nSPS) is 12.4. The van der Waals surface area contributed by atoms with E-state index in [4.69, 9.17) is 11.6 Å². The predicted molar refractivity (Wildman–Crippen MR) is 86.1 cm³/mol. The summed E-state index contributed by atoms with van der Waals surface area (Å²) in [6.07, 6.45) is 0.727. The minimum absolute atomic E-state index is 0.122. The van der Waals surface area contributed by atoms with Crippen LogP contribution in [0.1, 0.15) is 17.2 Å². The summed E-state index contributed by atoms with van der Waals surface area (Å²) in [5, 5.41) is 4.00. The van der Waals surface area contributed by atoms with Gasteiger partial charge in [-0.15, -0.1) is 0 Å². The van der Waals surface area contributed by atoms with Crippen LogP contribution in [0.2, 0.25) is 5.02 Å². The van der Waals surface area contributed by atoms with Crippen LogP contribution in [0.3, 0.4) is 0 Å². The van der Waals surface area contributed by atoms with Crippen molar-refractivity contribution in [1.29, 1.82) is 0 Å². The molecule has 1 nitrogen and oxygen atoms in total. The molecule has 0 spiro atoms. The summed E-state index contributed by atoms with van der Waals surface area (Å²) in [6, 6.07) is 12.8. The fourth-order valence-corrected chi connectivity index (χ4v) is 2.54. The van der Waals surface area contributed by atoms with Crippen molar-refractivity contribution in [1.82, 2.24) is 5.32 Å². The van der Waals surface area contributed by atoms with Crippen LogP contribution in [0.25, 0.3) is 0 Å². The van der Waals surface area contributed by atoms with Crippen molar-refractivity contribution in [2.75, 3.05) is 7.05 Å². The van der Waals surface area contributed by atoms with Crippen LogP contribution >= 0.6 is 34.2 Å². The molecule has 1 N–H and O–H groups in total. The van der Waals surface area contributed by atoms with Gasteiger partial charge in [-0.3, -0.25) is 0 Å². The summed E-state index contributed by atoms with van der Waals surface area (Å²) >= 11 is 8.35. The Morgan fingerprint density at radius 2 is 2.05 bits per heavy atom. The van der Waals surface area contributed by atoms with Crippen LogP contribution in [0.4, 0.5) is 4.39 Å². The molecule has 0 aliphatic rings. The summed E-state index contributed by atoms with van der Waals surface area (Å²) in [7, 11) is 1.90. The third-order valence-electron chi connectivity index (χ3n) is 3.02. The summed E-state index contributed by atoms with van der Waals surface area (Å²) < 4.78 is 14.2. The highest BCUT2D eigenvalue weighted by molar-refractivity contribution is 14.1. The average molecular weight is 390 g/mol. The summed E-state index contributed by atoms with van der Waals surface area (Å²) in [5.41, 5.74) is 2.08. The highest BCUT2D eigenvalue weighted by Crippen LogP contribution is 2.25. The monoisotopic (exact) mass is 389 g/mol. The smallest absolute Gasteiger partial charge is 0.123 e. The molecule has 0 heterocycles. The molecule has 0 amide bonds. The molecule has 0 aromatic heterocycles. The van der Waals surface area contributed by atoms with E-state index in [2.05, 4.69) is 27.9 Å². The van der Waals surface area contributed by atoms with Crippen molar-refractivity contribution in [3.8, 4) is 0 Å². The molecule has 0 radical (unpaired) electrons. The van der Waals surface area contributed by atoms with E-state index in [0.717, 1.165) is 26.1 Å². The largest absolute Gasteiger partial charge is 0.313 e. The molecule has 1 atom stereocenters. The van der Waals surface area contributed by atoms with Crippen LogP contribution in [0.15, 0.2) is 42.5 Å². The van der Waals surface area contributed by atoms with Gasteiger partial charge in [0.1, 0.15) is 5.82 Å². The van der Waals surface area contributed by atoms with Crippen molar-refractivity contribution in [2.24, 2.45) is 0 Å². The van der Waals surface area contributed by atoms with Crippen LogP contribution in [0.5, 0.6) is 0 Å². The lowest BCUT2D eigenvalue weighted by atomic mass is 9.99. The van der Waals surface area contributed by atoms with Gasteiger partial charge in [0.05, 0.1) is 5.02 Å². The number of benzene rings is 2. The van der Waals surface area contributed by atoms with Gasteiger partial charge in [-0.1, -0.05) is 29.8 Å². The molecule has 4 heteroatoms. The van der Waals surface area contributed by atoms with Gasteiger partial charge in [0.15, 0.2) is 0 Å². The highest BCUT2D eigenvalue weighted by Gasteiger charge is 2.12. The molecule has 2 rings (SSSR count). The molecule has 19 heavy (non-hydrogen) atoms. The Balaban J connectivity index is 2.22. The van der Waals surface area contributed by atoms with Crippen molar-refractivity contribution in [2.45, 2.75) is 12.5 Å². The average Bonchev–Trinajstić information content (AvgIpc) is 2.39. The van der Waals surface area contributed by atoms with E-state index in [9.17, 15) is 4.39 Å². The number of nitrogens with one attached hydrogen (secondary N) is 1. The van der Waals surface area contributed by atoms with Crippen molar-refractivity contribution >= 4 is 34.2 Å². The van der Waals surface area contributed by atoms with Crippen LogP contribution < -0.4 is 5.32 Å². The van der Waals surface area contributed by atoms with E-state index in [-0.39, 0.29) is 11.9 Å². The molecule has 2 aromatic carbocycles. The molecule has 1 unspecified atom stereocenters. The SMILES string of the molecule is CNC(Cc1cccc(F)c1)c1ccc(I)c(Cl)c1. The highest BCUT2D eigenvalue weighted by atomic mass is 127. The second-order valence-electron chi connectivity index (χ2n) is 4.35. The zero-order valence-electron chi connectivity index (χ0n) is 10.5. The first-order valence-corrected chi connectivity index (χ1v) is 7.42. The molecule has 0 aliphatic heterocycles. The number of likely N-dealkylation sites (N-methyl/N-ethyl adjacent to an activating group) is 1. The van der Waals surface area contributed by atoms with E-state index >= 15 is 0 Å². The molecule has 0 saturated carbocycles. The third kappa shape index (κ3) is 3.91. The van der Waals surface area contributed by atoms with Gasteiger partial charge in [-0.25, -0.2) is 4.39 Å². The maximum Gasteiger partial charge on any atom is 0.123 e. The Hall–Kier alpha value is -0.650. The van der Waals surface area contributed by atoms with Gasteiger partial charge in [0.25, 0.3) is 0 Å². The number of hydrogen-bond acceptors (Lipinski definition) is 1. The molecule has 100 valence electrons. The lowest BCUT2D eigenvalue weighted by molar-refractivity contribution is 0.584. The van der Waals surface area contributed by atoms with E-state index in [0.29, 0.717) is 0 Å². The Kier molecular flexibility index (Phi) is 5.19. The van der Waals surface area contributed by atoms with Crippen molar-refractivity contribution in [3.05, 3.63) is 68.0 Å². The van der Waals surface area contributed by atoms with Gasteiger partial charge in [-0.2, -0.15) is 0 Å². The predicted octanol–water partition coefficient (Wildman–Crippen LogP) is 4.59. The maximum absolute atomic E-state index is 13.2. The standard InChI is InChI=1S/C15H14ClFIN/c1-19-15(8-10-3-2-4-12(17)7-10)11-5-6-14(18)13(16)9-11/h2-7,9,15,19H,8H2,1H3. The van der Waals surface area contributed by atoms with E-state index < -0.39 is 0 Å². The number of halogens is 3. The Labute approximate surface area is 131 Å². The van der Waals surface area contributed by atoms with Crippen LogP contribution in [0, 0.1) is 9.39 Å². The summed E-state index contributed by atoms with van der Waals surface area (Å²) in [4.78, 5) is 0. The third-order valence-corrected chi connectivity index (χ3v) is 4.60. The minimum atomic E-state index is -0.201. The Bertz CT molecular complexity index is 574. The number of hydrogen-bond donors (Lipinski definition) is 1. The van der Waals surface area contributed by atoms with Crippen molar-refractivity contribution < 1.29 is 4.39 Å². The summed E-state index contributed by atoms with van der Waals surface area (Å²) in [5.74, 6) is -0.201. The van der Waals surface area contributed by atoms with Gasteiger partial charge in [0.2, 0.25) is 0 Å². The zero-order chi connectivity index (χ0) is 13.8. The first-order chi connectivity index (χ1) is 9.10. The van der Waals surface area contributed by atoms with Gasteiger partial charge < -0.3 is 5.32 Å². The van der Waals surface area contributed by atoms with E-state index in [1.54, 1.807) is 12.1 Å². The van der Waals surface area contributed by atoms with Gasteiger partial charge in [0, 0.05) is 9.61 Å². The molecule has 0 bridgehead atoms. The van der Waals surface area contributed by atoms with Gasteiger partial charge >= 0.3 is 0 Å². The fraction of sp³-hybridized carbons (Fsp3) is 0.200. The zero-order valence-corrected chi connectivity index (χ0v) is 13.4. The second-order valence-corrected chi connectivity index (χ2v) is 5.92. The lowest BCUT2D eigenvalue weighted by Crippen LogP contribution is -2.19. The summed E-state index contributed by atoms with van der Waals surface area (Å²) in [6.45, 7) is 0. The molecule has 0 aliphatic carbocycles. The molecular weight excluding hydrogens is 376 g/mol. The van der Waals surface area contributed by atoms with Crippen LogP contribution in [-0.4, -0.2) is 7.05 Å². The van der Waals surface area contributed by atoms with E-state index in [1.807, 2.05) is 31.3 Å². The van der Waals surface area contributed by atoms with Crippen LogP contribution in [-0.2, 0) is 6.42 Å². The number of rotatable bonds is 4. The molecule has 0 saturated heterocycles. The maximum atomic E-state index is 13.2. The first kappa shape index (κ1) is 14.8. The minimum Gasteiger partial charge on any atom is -0.313 e. The quantitative estimate of drug-likeness (QED) is 0.754. The van der Waals surface area contributed by atoms with Gasteiger partial charge in [-0.05, 0) is 71.5 Å². The van der Waals surface area contributed by atoms with E-state index in [1.165, 1.54) is 6.07 Å². The fourth-order valence-electron chi connectivity index (χ4n) is 2.02. The molecule has 0 fully saturated rings.